The lowest BCUT2D eigenvalue weighted by Gasteiger charge is -2.43. The highest BCUT2D eigenvalue weighted by Gasteiger charge is 2.41. The van der Waals surface area contributed by atoms with E-state index in [1.165, 1.54) is 71.0 Å². The molecule has 3 aliphatic rings. The van der Waals surface area contributed by atoms with E-state index < -0.39 is 0 Å². The molecule has 3 aromatic rings. The molecule has 1 aliphatic carbocycles. The molecule has 5 heterocycles. The number of aromatic amines is 2. The Morgan fingerprint density at radius 1 is 0.895 bits per heavy atom. The van der Waals surface area contributed by atoms with Crippen molar-refractivity contribution in [1.29, 1.82) is 0 Å². The lowest BCUT2D eigenvalue weighted by Crippen LogP contribution is -2.46. The van der Waals surface area contributed by atoms with Crippen molar-refractivity contribution in [3.63, 3.8) is 0 Å². The van der Waals surface area contributed by atoms with Gasteiger partial charge in [-0.3, -0.25) is 9.69 Å². The maximum atomic E-state index is 13.4. The van der Waals surface area contributed by atoms with Gasteiger partial charge in [0.05, 0.1) is 0 Å². The minimum Gasteiger partial charge on any atom is -0.349 e. The van der Waals surface area contributed by atoms with E-state index in [2.05, 4.69) is 39.7 Å². The number of aromatic nitrogens is 6. The molecule has 2 aliphatic heterocycles. The Labute approximate surface area is 224 Å². The molecule has 1 spiro atoms. The van der Waals surface area contributed by atoms with Crippen LogP contribution in [0.1, 0.15) is 79.2 Å². The molecule has 38 heavy (non-hydrogen) atoms. The number of H-pyrrole nitrogens is 2. The number of likely N-dealkylation sites (tertiary alicyclic amines) is 2. The summed E-state index contributed by atoms with van der Waals surface area (Å²) in [5.74, 6) is 1.41. The molecule has 0 unspecified atom stereocenters. The number of nitrogens with zero attached hydrogens (tertiary/aromatic N) is 6. The second kappa shape index (κ2) is 11.5. The van der Waals surface area contributed by atoms with Crippen LogP contribution in [0.3, 0.4) is 0 Å². The van der Waals surface area contributed by atoms with E-state index in [4.69, 9.17) is 0 Å². The van der Waals surface area contributed by atoms with Gasteiger partial charge in [-0.2, -0.15) is 0 Å². The number of Topliss-reactive ketones (excluding diaryl/α,β-unsaturated/α-hetero) is 1. The van der Waals surface area contributed by atoms with Crippen LogP contribution in [0.5, 0.6) is 0 Å². The normalized spacial score (nSPS) is 21.0. The van der Waals surface area contributed by atoms with Gasteiger partial charge < -0.3 is 14.9 Å². The van der Waals surface area contributed by atoms with Crippen molar-refractivity contribution in [3.8, 4) is 0 Å². The molecule has 2 saturated heterocycles. The van der Waals surface area contributed by atoms with Crippen LogP contribution in [0, 0.1) is 11.3 Å². The molecule has 0 radical (unpaired) electrons. The van der Waals surface area contributed by atoms with E-state index in [0.29, 0.717) is 18.3 Å². The first-order chi connectivity index (χ1) is 18.7. The van der Waals surface area contributed by atoms with E-state index in [9.17, 15) is 4.79 Å². The molecule has 3 aromatic heterocycles. The Morgan fingerprint density at radius 2 is 1.53 bits per heavy atom. The number of nitrogens with one attached hydrogen (secondary N) is 2. The fraction of sp³-hybridized carbons (Fsp3) is 0.621. The number of imidazole rings is 2. The standard InChI is InChI=1S/C29H40N8O/c38-27(23(16-25-30-9-10-31-25)17-26-32-11-12-33-26)28-34-18-22(19-35-28)20-36-13-6-29(21-36)7-14-37(15-8-29)24-4-2-1-3-5-24/h9-12,18-19,23-24H,1-8,13-17,20-21H2,(H,30,31)(H,32,33). The lowest BCUT2D eigenvalue weighted by molar-refractivity contribution is 0.0615. The van der Waals surface area contributed by atoms with Crippen molar-refractivity contribution >= 4 is 5.78 Å². The monoisotopic (exact) mass is 516 g/mol. The molecular formula is C29H40N8O. The van der Waals surface area contributed by atoms with Crippen LogP contribution in [0.15, 0.2) is 37.2 Å². The molecule has 0 atom stereocenters. The van der Waals surface area contributed by atoms with Crippen molar-refractivity contribution in [2.75, 3.05) is 26.2 Å². The Bertz CT molecular complexity index is 1110. The number of carbonyl (C=O) groups excluding carboxylic acids is 1. The van der Waals surface area contributed by atoms with E-state index in [-0.39, 0.29) is 17.5 Å². The van der Waals surface area contributed by atoms with Crippen molar-refractivity contribution in [3.05, 3.63) is 60.2 Å². The van der Waals surface area contributed by atoms with Gasteiger partial charge in [-0.1, -0.05) is 19.3 Å². The molecule has 9 heteroatoms. The van der Waals surface area contributed by atoms with Crippen molar-refractivity contribution in [2.45, 2.75) is 76.8 Å². The first-order valence-corrected chi connectivity index (χ1v) is 14.4. The van der Waals surface area contributed by atoms with Gasteiger partial charge in [0.1, 0.15) is 11.6 Å². The first kappa shape index (κ1) is 25.4. The van der Waals surface area contributed by atoms with Gasteiger partial charge in [0.15, 0.2) is 5.82 Å². The van der Waals surface area contributed by atoms with Crippen LogP contribution in [0.25, 0.3) is 0 Å². The van der Waals surface area contributed by atoms with Gasteiger partial charge in [-0.15, -0.1) is 0 Å². The van der Waals surface area contributed by atoms with Crippen LogP contribution >= 0.6 is 0 Å². The fourth-order valence-corrected chi connectivity index (χ4v) is 6.93. The second-order valence-corrected chi connectivity index (χ2v) is 11.7. The highest BCUT2D eigenvalue weighted by atomic mass is 16.1. The summed E-state index contributed by atoms with van der Waals surface area (Å²) >= 11 is 0. The maximum Gasteiger partial charge on any atom is 0.203 e. The number of hydrogen-bond donors (Lipinski definition) is 2. The van der Waals surface area contributed by atoms with Gasteiger partial charge >= 0.3 is 0 Å². The quantitative estimate of drug-likeness (QED) is 0.416. The SMILES string of the molecule is O=C(c1ncc(CN2CCC3(CCN(C4CCCCC4)CC3)C2)cn1)C(Cc1ncc[nH]1)Cc1ncc[nH]1. The summed E-state index contributed by atoms with van der Waals surface area (Å²) in [5, 5.41) is 0. The fourth-order valence-electron chi connectivity index (χ4n) is 6.93. The highest BCUT2D eigenvalue weighted by molar-refractivity contribution is 5.94. The van der Waals surface area contributed by atoms with Gasteiger partial charge in [-0.25, -0.2) is 19.9 Å². The zero-order chi connectivity index (χ0) is 25.8. The van der Waals surface area contributed by atoms with E-state index in [1.54, 1.807) is 24.8 Å². The predicted octanol–water partition coefficient (Wildman–Crippen LogP) is 3.83. The van der Waals surface area contributed by atoms with Gasteiger partial charge in [0, 0.05) is 80.6 Å². The van der Waals surface area contributed by atoms with Crippen LogP contribution in [0.4, 0.5) is 0 Å². The third-order valence-electron chi connectivity index (χ3n) is 9.16. The van der Waals surface area contributed by atoms with Crippen LogP contribution in [0.2, 0.25) is 0 Å². The largest absolute Gasteiger partial charge is 0.349 e. The highest BCUT2D eigenvalue weighted by Crippen LogP contribution is 2.42. The Kier molecular flexibility index (Phi) is 7.65. The molecule has 202 valence electrons. The summed E-state index contributed by atoms with van der Waals surface area (Å²) in [6.45, 7) is 5.70. The number of rotatable bonds is 9. The Hall–Kier alpha value is -2.91. The van der Waals surface area contributed by atoms with Gasteiger partial charge in [0.2, 0.25) is 5.78 Å². The minimum atomic E-state index is -0.337. The number of ketones is 1. The van der Waals surface area contributed by atoms with Gasteiger partial charge in [-0.05, 0) is 57.2 Å². The van der Waals surface area contributed by atoms with E-state index in [0.717, 1.165) is 36.3 Å². The smallest absolute Gasteiger partial charge is 0.203 e. The van der Waals surface area contributed by atoms with Crippen molar-refractivity contribution in [1.82, 2.24) is 39.7 Å². The number of piperidine rings is 1. The average Bonchev–Trinajstić information content (AvgIpc) is 3.74. The molecule has 0 bridgehead atoms. The molecule has 1 saturated carbocycles. The number of carbonyl (C=O) groups is 1. The zero-order valence-corrected chi connectivity index (χ0v) is 22.3. The van der Waals surface area contributed by atoms with Crippen molar-refractivity contribution in [2.24, 2.45) is 11.3 Å². The van der Waals surface area contributed by atoms with E-state index >= 15 is 0 Å². The molecule has 2 N–H and O–H groups in total. The topological polar surface area (TPSA) is 107 Å². The van der Waals surface area contributed by atoms with Crippen LogP contribution in [-0.4, -0.2) is 77.7 Å². The van der Waals surface area contributed by atoms with Gasteiger partial charge in [0.25, 0.3) is 0 Å². The summed E-state index contributed by atoms with van der Waals surface area (Å²) < 4.78 is 0. The summed E-state index contributed by atoms with van der Waals surface area (Å²) in [6, 6.07) is 0.842. The zero-order valence-electron chi connectivity index (χ0n) is 22.3. The van der Waals surface area contributed by atoms with E-state index in [1.807, 2.05) is 12.4 Å². The predicted molar refractivity (Wildman–Crippen MR) is 144 cm³/mol. The Balaban J connectivity index is 1.04. The third-order valence-corrected chi connectivity index (χ3v) is 9.16. The summed E-state index contributed by atoms with van der Waals surface area (Å²) in [6.07, 6.45) is 22.7. The van der Waals surface area contributed by atoms with Crippen LogP contribution in [-0.2, 0) is 19.4 Å². The van der Waals surface area contributed by atoms with Crippen LogP contribution < -0.4 is 0 Å². The molecule has 9 nitrogen and oxygen atoms in total. The maximum absolute atomic E-state index is 13.4. The summed E-state index contributed by atoms with van der Waals surface area (Å²) in [7, 11) is 0. The second-order valence-electron chi connectivity index (χ2n) is 11.7. The van der Waals surface area contributed by atoms with Crippen molar-refractivity contribution < 1.29 is 4.79 Å². The summed E-state index contributed by atoms with van der Waals surface area (Å²) in [4.78, 5) is 42.6. The third kappa shape index (κ3) is 5.89. The summed E-state index contributed by atoms with van der Waals surface area (Å²) in [5.41, 5.74) is 1.55. The molecule has 3 fully saturated rings. The molecule has 6 rings (SSSR count). The minimum absolute atomic E-state index is 0.0748. The molecule has 0 aromatic carbocycles. The molecule has 0 amide bonds. The number of hydrogen-bond acceptors (Lipinski definition) is 7. The molecular weight excluding hydrogens is 476 g/mol. The Morgan fingerprint density at radius 3 is 2.13 bits per heavy atom. The average molecular weight is 517 g/mol. The first-order valence-electron chi connectivity index (χ1n) is 14.4. The lowest BCUT2D eigenvalue weighted by atomic mass is 9.77.